The van der Waals surface area contributed by atoms with Crippen molar-refractivity contribution in [1.29, 1.82) is 0 Å². The van der Waals surface area contributed by atoms with Crippen molar-refractivity contribution in [3.63, 3.8) is 0 Å². The first-order valence-electron chi connectivity index (χ1n) is 3.96. The van der Waals surface area contributed by atoms with E-state index in [9.17, 15) is 13.2 Å². The molecule has 0 aliphatic rings. The zero-order chi connectivity index (χ0) is 10.9. The summed E-state index contributed by atoms with van der Waals surface area (Å²) in [4.78, 5) is 7.53. The Hall–Kier alpha value is -1.92. The number of rotatable bonds is 1. The van der Waals surface area contributed by atoms with Crippen molar-refractivity contribution >= 4 is 0 Å². The molecule has 0 spiro atoms. The number of nitrogens with zero attached hydrogens (tertiary/aromatic N) is 4. The highest BCUT2D eigenvalue weighted by atomic mass is 19.4. The molecule has 2 aromatic heterocycles. The second-order valence-electron chi connectivity index (χ2n) is 2.72. The molecule has 78 valence electrons. The Labute approximate surface area is 82.4 Å². The monoisotopic (exact) mass is 214 g/mol. The average Bonchev–Trinajstić information content (AvgIpc) is 2.67. The van der Waals surface area contributed by atoms with Crippen LogP contribution in [-0.4, -0.2) is 19.7 Å². The fourth-order valence-electron chi connectivity index (χ4n) is 0.988. The average molecular weight is 214 g/mol. The number of alkyl halides is 3. The smallest absolute Gasteiger partial charge is 0.220 e. The number of hydrogen-bond donors (Lipinski definition) is 0. The van der Waals surface area contributed by atoms with Crippen molar-refractivity contribution in [3.05, 3.63) is 36.4 Å². The Balaban J connectivity index is 2.37. The van der Waals surface area contributed by atoms with Crippen LogP contribution in [0.1, 0.15) is 5.56 Å². The Morgan fingerprint density at radius 1 is 1.13 bits per heavy atom. The molecule has 0 aliphatic carbocycles. The number of hydrogen-bond acceptors (Lipinski definition) is 3. The van der Waals surface area contributed by atoms with Crippen molar-refractivity contribution in [1.82, 2.24) is 19.7 Å². The minimum atomic E-state index is -4.40. The quantitative estimate of drug-likeness (QED) is 0.725. The van der Waals surface area contributed by atoms with Gasteiger partial charge in [0.2, 0.25) is 5.95 Å². The second kappa shape index (κ2) is 3.34. The molecule has 0 radical (unpaired) electrons. The SMILES string of the molecule is FC(F)(F)c1cnn(-c2ncccn2)c1. The molecule has 0 aliphatic heterocycles. The molecule has 2 aromatic rings. The van der Waals surface area contributed by atoms with Crippen LogP contribution in [0.4, 0.5) is 13.2 Å². The van der Waals surface area contributed by atoms with Gasteiger partial charge in [0, 0.05) is 18.6 Å². The van der Waals surface area contributed by atoms with E-state index in [0.717, 1.165) is 17.1 Å². The normalized spacial score (nSPS) is 11.7. The highest BCUT2D eigenvalue weighted by Gasteiger charge is 2.32. The summed E-state index contributed by atoms with van der Waals surface area (Å²) in [5.74, 6) is 0.105. The van der Waals surface area contributed by atoms with Crippen LogP contribution < -0.4 is 0 Å². The molecule has 2 rings (SSSR count). The second-order valence-corrected chi connectivity index (χ2v) is 2.72. The Morgan fingerprint density at radius 2 is 1.80 bits per heavy atom. The fraction of sp³-hybridized carbons (Fsp3) is 0.125. The van der Waals surface area contributed by atoms with Crippen molar-refractivity contribution in [2.75, 3.05) is 0 Å². The maximum absolute atomic E-state index is 12.2. The zero-order valence-electron chi connectivity index (χ0n) is 7.31. The van der Waals surface area contributed by atoms with Crippen molar-refractivity contribution in [3.8, 4) is 5.95 Å². The van der Waals surface area contributed by atoms with Crippen LogP contribution in [-0.2, 0) is 6.18 Å². The minimum absolute atomic E-state index is 0.105. The first-order valence-corrected chi connectivity index (χ1v) is 3.96. The highest BCUT2D eigenvalue weighted by molar-refractivity contribution is 5.15. The molecular formula is C8H5F3N4. The molecule has 4 nitrogen and oxygen atoms in total. The van der Waals surface area contributed by atoms with Crippen LogP contribution >= 0.6 is 0 Å². The van der Waals surface area contributed by atoms with Crippen LogP contribution in [0.2, 0.25) is 0 Å². The number of aromatic nitrogens is 4. The van der Waals surface area contributed by atoms with Gasteiger partial charge < -0.3 is 0 Å². The van der Waals surface area contributed by atoms with E-state index >= 15 is 0 Å². The van der Waals surface area contributed by atoms with E-state index in [0.29, 0.717) is 0 Å². The molecule has 0 bridgehead atoms. The van der Waals surface area contributed by atoms with Gasteiger partial charge in [-0.05, 0) is 6.07 Å². The molecule has 0 saturated heterocycles. The van der Waals surface area contributed by atoms with Crippen LogP contribution in [0.3, 0.4) is 0 Å². The van der Waals surface area contributed by atoms with Gasteiger partial charge in [-0.3, -0.25) is 0 Å². The van der Waals surface area contributed by atoms with E-state index in [2.05, 4.69) is 15.1 Å². The lowest BCUT2D eigenvalue weighted by Gasteiger charge is -2.00. The summed E-state index contributed by atoms with van der Waals surface area (Å²) in [5, 5.41) is 3.52. The molecular weight excluding hydrogens is 209 g/mol. The van der Waals surface area contributed by atoms with Gasteiger partial charge in [-0.2, -0.15) is 18.3 Å². The predicted octanol–water partition coefficient (Wildman–Crippen LogP) is 1.68. The van der Waals surface area contributed by atoms with E-state index in [1.165, 1.54) is 12.4 Å². The summed E-state index contributed by atoms with van der Waals surface area (Å²) in [6.07, 6.45) is 0.0350. The van der Waals surface area contributed by atoms with Gasteiger partial charge in [0.05, 0.1) is 11.8 Å². The van der Waals surface area contributed by atoms with E-state index in [-0.39, 0.29) is 5.95 Å². The molecule has 0 amide bonds. The largest absolute Gasteiger partial charge is 0.419 e. The van der Waals surface area contributed by atoms with Gasteiger partial charge >= 0.3 is 6.18 Å². The Bertz CT molecular complexity index is 448. The first-order chi connectivity index (χ1) is 7.07. The van der Waals surface area contributed by atoms with Crippen LogP contribution in [0.5, 0.6) is 0 Å². The van der Waals surface area contributed by atoms with Gasteiger partial charge in [0.15, 0.2) is 0 Å². The maximum atomic E-state index is 12.2. The van der Waals surface area contributed by atoms with Crippen molar-refractivity contribution in [2.45, 2.75) is 6.18 Å². The third-order valence-corrected chi connectivity index (χ3v) is 1.67. The topological polar surface area (TPSA) is 43.6 Å². The summed E-state index contributed by atoms with van der Waals surface area (Å²) in [5.41, 5.74) is -0.824. The summed E-state index contributed by atoms with van der Waals surface area (Å²) < 4.78 is 37.6. The van der Waals surface area contributed by atoms with E-state index in [1.54, 1.807) is 6.07 Å². The lowest BCUT2D eigenvalue weighted by atomic mass is 10.4. The summed E-state index contributed by atoms with van der Waals surface area (Å²) >= 11 is 0. The first kappa shape index (κ1) is 9.63. The lowest BCUT2D eigenvalue weighted by molar-refractivity contribution is -0.137. The third kappa shape index (κ3) is 1.95. The van der Waals surface area contributed by atoms with Gasteiger partial charge in [-0.15, -0.1) is 0 Å². The molecule has 2 heterocycles. The van der Waals surface area contributed by atoms with Crippen molar-refractivity contribution in [2.24, 2.45) is 0 Å². The van der Waals surface area contributed by atoms with Crippen LogP contribution in [0.15, 0.2) is 30.9 Å². The fourth-order valence-corrected chi connectivity index (χ4v) is 0.988. The molecule has 15 heavy (non-hydrogen) atoms. The standard InChI is InChI=1S/C8H5F3N4/c9-8(10,11)6-4-14-15(5-6)7-12-2-1-3-13-7/h1-5H. The van der Waals surface area contributed by atoms with E-state index in [4.69, 9.17) is 0 Å². The van der Waals surface area contributed by atoms with Crippen LogP contribution in [0, 0.1) is 0 Å². The predicted molar refractivity (Wildman–Crippen MR) is 44.2 cm³/mol. The highest BCUT2D eigenvalue weighted by Crippen LogP contribution is 2.28. The molecule has 0 fully saturated rings. The van der Waals surface area contributed by atoms with Crippen molar-refractivity contribution < 1.29 is 13.2 Å². The zero-order valence-corrected chi connectivity index (χ0v) is 7.31. The maximum Gasteiger partial charge on any atom is 0.419 e. The molecule has 0 N–H and O–H groups in total. The third-order valence-electron chi connectivity index (χ3n) is 1.67. The molecule has 0 saturated carbocycles. The van der Waals surface area contributed by atoms with Gasteiger partial charge in [0.25, 0.3) is 0 Å². The van der Waals surface area contributed by atoms with Crippen LogP contribution in [0.25, 0.3) is 5.95 Å². The summed E-state index contributed by atoms with van der Waals surface area (Å²) in [6, 6.07) is 1.57. The van der Waals surface area contributed by atoms with E-state index in [1.807, 2.05) is 0 Å². The van der Waals surface area contributed by atoms with Gasteiger partial charge in [0.1, 0.15) is 0 Å². The molecule has 0 aromatic carbocycles. The van der Waals surface area contributed by atoms with E-state index < -0.39 is 11.7 Å². The molecule has 0 unspecified atom stereocenters. The van der Waals surface area contributed by atoms with Gasteiger partial charge in [-0.25, -0.2) is 14.6 Å². The molecule has 7 heteroatoms. The van der Waals surface area contributed by atoms with Gasteiger partial charge in [-0.1, -0.05) is 0 Å². The summed E-state index contributed by atoms with van der Waals surface area (Å²) in [6.45, 7) is 0. The lowest BCUT2D eigenvalue weighted by Crippen LogP contribution is -2.04. The summed E-state index contributed by atoms with van der Waals surface area (Å²) in [7, 11) is 0. The Morgan fingerprint density at radius 3 is 2.33 bits per heavy atom. The Kier molecular flexibility index (Phi) is 2.14. The molecule has 0 atom stereocenters. The minimum Gasteiger partial charge on any atom is -0.220 e. The number of halogens is 3.